The molecule has 0 unspecified atom stereocenters. The Hall–Kier alpha value is -1.65. The summed E-state index contributed by atoms with van der Waals surface area (Å²) in [6.45, 7) is 0.797. The molecular formula is C10H11F2NO2. The first-order valence-electron chi connectivity index (χ1n) is 4.28. The Labute approximate surface area is 86.2 Å². The Morgan fingerprint density at radius 1 is 1.40 bits per heavy atom. The monoisotopic (exact) mass is 215 g/mol. The molecule has 0 N–H and O–H groups in total. The Bertz CT molecular complexity index is 341. The van der Waals surface area contributed by atoms with Crippen molar-refractivity contribution in [2.45, 2.75) is 12.7 Å². The highest BCUT2D eigenvalue weighted by Gasteiger charge is 2.42. The molecule has 0 heterocycles. The number of benzene rings is 1. The molecule has 0 aliphatic carbocycles. The zero-order valence-corrected chi connectivity index (χ0v) is 8.41. The summed E-state index contributed by atoms with van der Waals surface area (Å²) >= 11 is 0. The maximum absolute atomic E-state index is 13.6. The lowest BCUT2D eigenvalue weighted by Crippen LogP contribution is -2.45. The molecule has 1 atom stereocenters. The zero-order valence-electron chi connectivity index (χ0n) is 8.41. The van der Waals surface area contributed by atoms with E-state index in [4.69, 9.17) is 0 Å². The first-order chi connectivity index (χ1) is 7.00. The van der Waals surface area contributed by atoms with E-state index >= 15 is 0 Å². The van der Waals surface area contributed by atoms with Crippen molar-refractivity contribution in [2.24, 2.45) is 0 Å². The van der Waals surface area contributed by atoms with Crippen molar-refractivity contribution in [1.82, 2.24) is 0 Å². The van der Waals surface area contributed by atoms with Gasteiger partial charge in [-0.15, -0.1) is 0 Å². The predicted molar refractivity (Wildman–Crippen MR) is 51.6 cm³/mol. The second-order valence-electron chi connectivity index (χ2n) is 3.06. The molecule has 0 spiro atoms. The van der Waals surface area contributed by atoms with Crippen LogP contribution in [0, 0.1) is 0 Å². The van der Waals surface area contributed by atoms with Gasteiger partial charge in [0.1, 0.15) is 0 Å². The van der Waals surface area contributed by atoms with Gasteiger partial charge in [-0.05, 0) is 12.1 Å². The van der Waals surface area contributed by atoms with Gasteiger partial charge in [-0.25, -0.2) is 9.18 Å². The van der Waals surface area contributed by atoms with Crippen LogP contribution in [0.2, 0.25) is 0 Å². The van der Waals surface area contributed by atoms with Gasteiger partial charge in [0.25, 0.3) is 0 Å². The maximum Gasteiger partial charge on any atom is 0.367 e. The van der Waals surface area contributed by atoms with Crippen molar-refractivity contribution >= 4 is 11.7 Å². The van der Waals surface area contributed by atoms with E-state index in [-0.39, 0.29) is 10.8 Å². The van der Waals surface area contributed by atoms with Crippen LogP contribution in [0.3, 0.4) is 0 Å². The highest BCUT2D eigenvalue weighted by atomic mass is 19.2. The fraction of sp³-hybridized carbons (Fsp3) is 0.300. The largest absolute Gasteiger partial charge is 0.465 e. The summed E-state index contributed by atoms with van der Waals surface area (Å²) in [6, 6.07) is 7.43. The quantitative estimate of drug-likeness (QED) is 0.440. The van der Waals surface area contributed by atoms with Crippen LogP contribution < -0.4 is 5.12 Å². The Balaban J connectivity index is 2.94. The number of alkyl halides is 1. The number of hydrogen-bond acceptors (Lipinski definition) is 3. The van der Waals surface area contributed by atoms with Gasteiger partial charge in [-0.3, -0.25) is 0 Å². The van der Waals surface area contributed by atoms with Gasteiger partial charge in [0.15, 0.2) is 0 Å². The van der Waals surface area contributed by atoms with Gasteiger partial charge >= 0.3 is 11.8 Å². The molecule has 0 aliphatic rings. The normalized spacial score (nSPS) is 14.1. The van der Waals surface area contributed by atoms with Crippen LogP contribution in [-0.4, -0.2) is 18.9 Å². The van der Waals surface area contributed by atoms with Gasteiger partial charge in [0.2, 0.25) is 0 Å². The molecule has 0 fully saturated rings. The molecule has 15 heavy (non-hydrogen) atoms. The summed E-state index contributed by atoms with van der Waals surface area (Å²) in [5.41, 5.74) is -0.0482. The minimum absolute atomic E-state index is 0.0482. The third-order valence-corrected chi connectivity index (χ3v) is 1.91. The molecule has 0 radical (unpaired) electrons. The number of hydrogen-bond donors (Lipinski definition) is 0. The molecule has 1 aromatic carbocycles. The average Bonchev–Trinajstić information content (AvgIpc) is 2.28. The molecule has 1 rings (SSSR count). The fourth-order valence-corrected chi connectivity index (χ4v) is 1.07. The second-order valence-corrected chi connectivity index (χ2v) is 3.06. The van der Waals surface area contributed by atoms with Crippen LogP contribution >= 0.6 is 0 Å². The van der Waals surface area contributed by atoms with Crippen LogP contribution in [0.15, 0.2) is 30.3 Å². The molecule has 0 aromatic heterocycles. The van der Waals surface area contributed by atoms with E-state index in [0.29, 0.717) is 0 Å². The van der Waals surface area contributed by atoms with E-state index in [0.717, 1.165) is 14.0 Å². The zero-order chi connectivity index (χ0) is 11.5. The lowest BCUT2D eigenvalue weighted by molar-refractivity contribution is -0.155. The molecule has 5 heteroatoms. The number of carbonyl (C=O) groups excluding carboxylic acids is 1. The minimum atomic E-state index is -2.82. The summed E-state index contributed by atoms with van der Waals surface area (Å²) < 4.78 is 31.3. The molecule has 0 saturated carbocycles. The number of esters is 1. The number of para-hydroxylation sites is 1. The van der Waals surface area contributed by atoms with Crippen molar-refractivity contribution in [3.63, 3.8) is 0 Å². The molecule has 0 amide bonds. The first-order valence-corrected chi connectivity index (χ1v) is 4.28. The van der Waals surface area contributed by atoms with Gasteiger partial charge in [0.05, 0.1) is 12.8 Å². The predicted octanol–water partition coefficient (Wildman–Crippen LogP) is 2.24. The number of anilines is 1. The lowest BCUT2D eigenvalue weighted by atomic mass is 10.2. The van der Waals surface area contributed by atoms with Crippen LogP contribution in [0.25, 0.3) is 0 Å². The molecule has 1 aromatic rings. The summed E-state index contributed by atoms with van der Waals surface area (Å²) in [5, 5.41) is -0.265. The number of halogens is 2. The van der Waals surface area contributed by atoms with E-state index in [2.05, 4.69) is 4.74 Å². The molecule has 0 bridgehead atoms. The highest BCUT2D eigenvalue weighted by molar-refractivity contribution is 5.82. The van der Waals surface area contributed by atoms with Crippen molar-refractivity contribution in [1.29, 1.82) is 0 Å². The van der Waals surface area contributed by atoms with Crippen molar-refractivity contribution in [3.05, 3.63) is 30.3 Å². The number of nitrogens with zero attached hydrogens (tertiary/aromatic N) is 1. The molecular weight excluding hydrogens is 204 g/mol. The summed E-state index contributed by atoms with van der Waals surface area (Å²) in [5.74, 6) is -4.11. The first kappa shape index (κ1) is 11.4. The van der Waals surface area contributed by atoms with E-state index in [1.165, 1.54) is 24.3 Å². The van der Waals surface area contributed by atoms with Crippen molar-refractivity contribution in [3.8, 4) is 0 Å². The van der Waals surface area contributed by atoms with E-state index in [9.17, 15) is 13.7 Å². The number of ether oxygens (including phenoxy) is 1. The number of rotatable bonds is 3. The average molecular weight is 215 g/mol. The maximum atomic E-state index is 13.6. The number of methoxy groups -OCH3 is 1. The fourth-order valence-electron chi connectivity index (χ4n) is 1.07. The van der Waals surface area contributed by atoms with Crippen LogP contribution in [0.4, 0.5) is 14.6 Å². The van der Waals surface area contributed by atoms with Gasteiger partial charge in [-0.2, -0.15) is 5.12 Å². The SMILES string of the molecule is COC(=O)[C@](C)(F)N(F)c1ccccc1. The standard InChI is InChI=1S/C10H11F2NO2/c1-10(11,9(14)15-2)13(12)8-6-4-3-5-7-8/h3-7H,1-2H3/t10-/m1/s1. The Morgan fingerprint density at radius 2 is 1.93 bits per heavy atom. The van der Waals surface area contributed by atoms with Crippen LogP contribution in [-0.2, 0) is 9.53 Å². The summed E-state index contributed by atoms with van der Waals surface area (Å²) in [7, 11) is 0.999. The molecule has 0 aliphatic heterocycles. The van der Waals surface area contributed by atoms with Gasteiger partial charge in [0, 0.05) is 6.92 Å². The van der Waals surface area contributed by atoms with Gasteiger partial charge < -0.3 is 4.74 Å². The third kappa shape index (κ3) is 2.23. The van der Waals surface area contributed by atoms with Crippen molar-refractivity contribution in [2.75, 3.05) is 12.2 Å². The van der Waals surface area contributed by atoms with E-state index in [1.54, 1.807) is 6.07 Å². The minimum Gasteiger partial charge on any atom is -0.465 e. The van der Waals surface area contributed by atoms with Crippen LogP contribution in [0.5, 0.6) is 0 Å². The molecule has 82 valence electrons. The topological polar surface area (TPSA) is 29.5 Å². The number of carbonyl (C=O) groups is 1. The van der Waals surface area contributed by atoms with Crippen molar-refractivity contribution < 1.29 is 18.4 Å². The third-order valence-electron chi connectivity index (χ3n) is 1.91. The Morgan fingerprint density at radius 3 is 2.40 bits per heavy atom. The van der Waals surface area contributed by atoms with Crippen LogP contribution in [0.1, 0.15) is 6.92 Å². The van der Waals surface area contributed by atoms with E-state index < -0.39 is 11.8 Å². The highest BCUT2D eigenvalue weighted by Crippen LogP contribution is 2.26. The summed E-state index contributed by atoms with van der Waals surface area (Å²) in [4.78, 5) is 11.0. The van der Waals surface area contributed by atoms with Gasteiger partial charge in [-0.1, -0.05) is 22.7 Å². The summed E-state index contributed by atoms with van der Waals surface area (Å²) in [6.07, 6.45) is 0. The molecule has 3 nitrogen and oxygen atoms in total. The lowest BCUT2D eigenvalue weighted by Gasteiger charge is -2.25. The smallest absolute Gasteiger partial charge is 0.367 e. The molecule has 0 saturated heterocycles. The van der Waals surface area contributed by atoms with E-state index in [1.807, 2.05) is 0 Å². The second kappa shape index (κ2) is 4.25. The Kier molecular flexibility index (Phi) is 3.24.